The predicted octanol–water partition coefficient (Wildman–Crippen LogP) is 7.29. The van der Waals surface area contributed by atoms with Crippen LogP contribution in [0.4, 0.5) is 4.39 Å². The summed E-state index contributed by atoms with van der Waals surface area (Å²) >= 11 is 0. The molecule has 0 radical (unpaired) electrons. The first-order valence-corrected chi connectivity index (χ1v) is 23.6. The molecule has 2 N–H and O–H groups in total. The third-order valence-corrected chi connectivity index (χ3v) is 15.2. The summed E-state index contributed by atoms with van der Waals surface area (Å²) in [6.45, 7) is 3.93. The number of esters is 1. The number of aromatic nitrogens is 1. The van der Waals surface area contributed by atoms with E-state index in [2.05, 4.69) is 10.4 Å². The highest BCUT2D eigenvalue weighted by molar-refractivity contribution is 7.57. The number of fused-ring (bicyclic) bond motifs is 2. The fourth-order valence-corrected chi connectivity index (χ4v) is 11.4. The molecule has 4 fully saturated rings. The Morgan fingerprint density at radius 3 is 2.44 bits per heavy atom. The first-order valence-electron chi connectivity index (χ1n) is 21.9. The maximum absolute atomic E-state index is 16.7. The van der Waals surface area contributed by atoms with Crippen molar-refractivity contribution in [3.63, 3.8) is 0 Å². The number of benzene rings is 3. The number of halogens is 1. The first kappa shape index (κ1) is 43.3. The van der Waals surface area contributed by atoms with Crippen LogP contribution in [-0.2, 0) is 30.7 Å². The van der Waals surface area contributed by atoms with Crippen LogP contribution in [0.5, 0.6) is 5.75 Å². The van der Waals surface area contributed by atoms with Crippen molar-refractivity contribution in [1.29, 1.82) is 0 Å². The number of aryl methyl sites for hydroxylation is 1. The molecule has 1 aromatic heterocycles. The van der Waals surface area contributed by atoms with Gasteiger partial charge < -0.3 is 28.9 Å². The lowest BCUT2D eigenvalue weighted by Crippen LogP contribution is -2.57. The Balaban J connectivity index is 0.993. The van der Waals surface area contributed by atoms with Gasteiger partial charge in [0.05, 0.1) is 6.61 Å². The Kier molecular flexibility index (Phi) is 12.4. The van der Waals surface area contributed by atoms with Gasteiger partial charge in [0, 0.05) is 48.9 Å². The Morgan fingerprint density at radius 1 is 0.935 bits per heavy atom. The zero-order valence-electron chi connectivity index (χ0n) is 35.5. The molecule has 328 valence electrons. The minimum absolute atomic E-state index is 0.00672. The van der Waals surface area contributed by atoms with Gasteiger partial charge in [0.25, 0.3) is 11.5 Å². The number of amides is 3. The molecule has 1 aliphatic carbocycles. The van der Waals surface area contributed by atoms with E-state index in [0.29, 0.717) is 43.0 Å². The number of rotatable bonds is 13. The summed E-state index contributed by atoms with van der Waals surface area (Å²) < 4.78 is 43.6. The number of pyridine rings is 1. The fraction of sp³-hybridized carbons (Fsp3) is 0.468. The molecule has 7 atom stereocenters. The summed E-state index contributed by atoms with van der Waals surface area (Å²) in [5.74, 6) is -3.51. The number of carbonyl (C=O) groups is 4. The molecule has 13 nitrogen and oxygen atoms in total. The summed E-state index contributed by atoms with van der Waals surface area (Å²) in [4.78, 5) is 71.9. The molecule has 3 amide bonds. The van der Waals surface area contributed by atoms with Crippen LogP contribution in [0.1, 0.15) is 111 Å². The molecule has 1 saturated carbocycles. The SMILES string of the molecule is CCCOC(=O)[C@H](C)NP(=O)(Oc1ccccc1)C(F)c1ccc2ccc(C(=O)N[C@H]3CCCC[C@H]4CC[C@@H](C(=O)N5CC(c6ccn(C)c(=O)c6)CC56CC6)N4C3=O)cc2c1. The van der Waals surface area contributed by atoms with Crippen LogP contribution in [-0.4, -0.2) is 80.9 Å². The van der Waals surface area contributed by atoms with Crippen LogP contribution < -0.4 is 20.5 Å². The van der Waals surface area contributed by atoms with Crippen molar-refractivity contribution in [2.24, 2.45) is 7.05 Å². The number of nitrogens with zero attached hydrogens (tertiary/aromatic N) is 3. The molecular weight excluding hydrogens is 813 g/mol. The number of nitrogens with one attached hydrogen (secondary N) is 2. The zero-order valence-corrected chi connectivity index (χ0v) is 36.4. The molecule has 62 heavy (non-hydrogen) atoms. The molecule has 8 rings (SSSR count). The molecule has 3 unspecified atom stereocenters. The molecule has 4 aromatic rings. The van der Waals surface area contributed by atoms with Crippen LogP contribution >= 0.6 is 7.52 Å². The number of hydrogen-bond donors (Lipinski definition) is 2. The van der Waals surface area contributed by atoms with Gasteiger partial charge in [0.2, 0.25) is 17.7 Å². The second kappa shape index (κ2) is 17.8. The van der Waals surface area contributed by atoms with E-state index < -0.39 is 43.4 Å². The van der Waals surface area contributed by atoms with Crippen molar-refractivity contribution < 1.29 is 37.4 Å². The van der Waals surface area contributed by atoms with Gasteiger partial charge in [-0.25, -0.2) is 9.48 Å². The lowest BCUT2D eigenvalue weighted by atomic mass is 9.96. The van der Waals surface area contributed by atoms with Gasteiger partial charge in [-0.2, -0.15) is 0 Å². The van der Waals surface area contributed by atoms with Crippen molar-refractivity contribution in [2.75, 3.05) is 13.2 Å². The highest BCUT2D eigenvalue weighted by Gasteiger charge is 2.58. The highest BCUT2D eigenvalue weighted by atomic mass is 31.2. The van der Waals surface area contributed by atoms with Gasteiger partial charge in [0.15, 0.2) is 0 Å². The zero-order chi connectivity index (χ0) is 43.8. The smallest absolute Gasteiger partial charge is 0.355 e. The van der Waals surface area contributed by atoms with Crippen molar-refractivity contribution >= 4 is 42.0 Å². The molecule has 15 heteroatoms. The minimum Gasteiger partial charge on any atom is -0.465 e. The van der Waals surface area contributed by atoms with Gasteiger partial charge >= 0.3 is 13.5 Å². The Bertz CT molecular complexity index is 2460. The number of para-hydroxylation sites is 1. The Hall–Kier alpha value is -5.33. The van der Waals surface area contributed by atoms with Gasteiger partial charge in [-0.3, -0.25) is 28.5 Å². The standard InChI is InChI=1S/C47H55FN5O8P/c1-4-24-60-46(58)30(2)50-62(59,61-38-11-6-5-7-12-38)42(48)33-16-14-31-15-17-34(26-35(31)25-33)43(55)49-39-13-9-8-10-37-18-19-40(53(37)44(39)56)45(57)52-29-36(28-47(52)21-22-47)32-20-23-51(3)41(54)27-32/h5-7,11-12,14-17,20,23,25-27,30,36-37,39-40,42H,4,8-10,13,18-19,21-22,24,28-29H2,1-3H3,(H,49,55)(H,50,59)/t30-,36?,37-,39-,40-,42?,62?/m0/s1. The lowest BCUT2D eigenvalue weighted by Gasteiger charge is -2.37. The summed E-state index contributed by atoms with van der Waals surface area (Å²) in [5.41, 5.74) is 0.853. The van der Waals surface area contributed by atoms with E-state index in [-0.39, 0.29) is 58.4 Å². The van der Waals surface area contributed by atoms with Crippen LogP contribution in [0.2, 0.25) is 0 Å². The second-order valence-corrected chi connectivity index (χ2v) is 19.6. The number of ether oxygens (including phenoxy) is 1. The van der Waals surface area contributed by atoms with E-state index in [0.717, 1.165) is 44.1 Å². The second-order valence-electron chi connectivity index (χ2n) is 17.5. The monoisotopic (exact) mass is 867 g/mol. The summed E-state index contributed by atoms with van der Waals surface area (Å²) in [7, 11) is -2.76. The molecule has 3 saturated heterocycles. The van der Waals surface area contributed by atoms with Crippen molar-refractivity contribution in [2.45, 2.75) is 120 Å². The average Bonchev–Trinajstić information content (AvgIpc) is 3.76. The summed E-state index contributed by atoms with van der Waals surface area (Å²) in [6, 6.07) is 18.6. The number of likely N-dealkylation sites (tertiary alicyclic amines) is 1. The van der Waals surface area contributed by atoms with Crippen LogP contribution in [0.15, 0.2) is 89.9 Å². The van der Waals surface area contributed by atoms with E-state index in [1.807, 2.05) is 17.9 Å². The molecule has 4 heterocycles. The highest BCUT2D eigenvalue weighted by Crippen LogP contribution is 2.58. The fourth-order valence-electron chi connectivity index (χ4n) is 9.54. The largest absolute Gasteiger partial charge is 0.465 e. The minimum atomic E-state index is -4.48. The van der Waals surface area contributed by atoms with Gasteiger partial charge in [-0.05, 0) is 117 Å². The Labute approximate surface area is 360 Å². The number of hydrogen-bond acceptors (Lipinski definition) is 8. The molecule has 4 aliphatic rings. The lowest BCUT2D eigenvalue weighted by molar-refractivity contribution is -0.148. The molecule has 0 bridgehead atoms. The maximum atomic E-state index is 16.7. The maximum Gasteiger partial charge on any atom is 0.355 e. The van der Waals surface area contributed by atoms with E-state index in [4.69, 9.17) is 9.26 Å². The summed E-state index contributed by atoms with van der Waals surface area (Å²) in [6.07, 6.45) is 9.01. The summed E-state index contributed by atoms with van der Waals surface area (Å²) in [5, 5.41) is 6.76. The molecule has 3 aliphatic heterocycles. The van der Waals surface area contributed by atoms with Gasteiger partial charge in [-0.1, -0.05) is 56.2 Å². The van der Waals surface area contributed by atoms with Crippen molar-refractivity contribution in [3.05, 3.63) is 112 Å². The van der Waals surface area contributed by atoms with Crippen molar-refractivity contribution in [3.8, 4) is 5.75 Å². The topological polar surface area (TPSA) is 156 Å². The normalized spacial score (nSPS) is 23.8. The van der Waals surface area contributed by atoms with E-state index in [1.54, 1.807) is 78.8 Å². The quantitative estimate of drug-likeness (QED) is 0.104. The van der Waals surface area contributed by atoms with E-state index in [1.165, 1.54) is 23.6 Å². The third kappa shape index (κ3) is 8.81. The number of carbonyl (C=O) groups excluding carboxylic acids is 4. The van der Waals surface area contributed by atoms with Crippen LogP contribution in [0, 0.1) is 0 Å². The van der Waals surface area contributed by atoms with Crippen molar-refractivity contribution in [1.82, 2.24) is 24.8 Å². The average molecular weight is 868 g/mol. The first-order chi connectivity index (χ1) is 29.8. The Morgan fingerprint density at radius 2 is 1.69 bits per heavy atom. The van der Waals surface area contributed by atoms with Gasteiger partial charge in [0.1, 0.15) is 23.9 Å². The molecule has 3 aromatic carbocycles. The predicted molar refractivity (Wildman–Crippen MR) is 232 cm³/mol. The number of alkyl halides is 1. The molecular formula is C47H55FN5O8P. The van der Waals surface area contributed by atoms with E-state index >= 15 is 4.39 Å². The van der Waals surface area contributed by atoms with Gasteiger partial charge in [-0.15, -0.1) is 0 Å². The van der Waals surface area contributed by atoms with E-state index in [9.17, 15) is 28.5 Å². The van der Waals surface area contributed by atoms with Crippen LogP contribution in [0.25, 0.3) is 10.8 Å². The third-order valence-electron chi connectivity index (χ3n) is 13.1. The van der Waals surface area contributed by atoms with Crippen LogP contribution in [0.3, 0.4) is 0 Å². The molecule has 1 spiro atoms.